The maximum Gasteiger partial charge on any atom is 0.187 e. The summed E-state index contributed by atoms with van der Waals surface area (Å²) in [7, 11) is 0. The van der Waals surface area contributed by atoms with E-state index in [-0.39, 0.29) is 22.7 Å². The van der Waals surface area contributed by atoms with Crippen molar-refractivity contribution >= 4 is 144 Å². The molecule has 16 heteroatoms. The minimum atomic E-state index is -0.781. The smallest absolute Gasteiger partial charge is 0.187 e. The molecule has 0 aliphatic heterocycles. The lowest BCUT2D eigenvalue weighted by molar-refractivity contribution is 0.584. The molecule has 600 valence electrons. The minimum Gasteiger partial charge on any atom is -0.307 e. The first-order valence-corrected chi connectivity index (χ1v) is 40.2. The number of anilines is 12. The Morgan fingerprint density at radius 2 is 0.500 bits per heavy atom. The second-order valence-corrected chi connectivity index (χ2v) is 30.6. The van der Waals surface area contributed by atoms with Crippen LogP contribution in [0.4, 0.5) is 115 Å². The summed E-state index contributed by atoms with van der Waals surface area (Å²) in [5.41, 5.74) is 12.2. The highest BCUT2D eigenvalue weighted by atomic mass is 19.2. The van der Waals surface area contributed by atoms with Gasteiger partial charge in [-0.3, -0.25) is 0 Å². The monoisotopic (exact) mass is 1650 g/mol. The van der Waals surface area contributed by atoms with Crippen LogP contribution in [0.3, 0.4) is 0 Å². The SMILES string of the molecule is [C-]#[N+]c1ccc(N(c2c(F)cc(F)cc2-c2ccccc2)c2ccc3ccc4c(N(c5ccc(C#N)cc5)c5c(F)cc(F)cc5-c5ccccc5)ccc5ccc2c3c54)cc1.[C-]#[N+]c1ccc(N(c2c(F)cc(F)cc2-c2ccccc2C)c2ccc3ccc4c(N(c5ccc(C#N)cc5)c5c(F)cc(F)cc5-c5ccccc5C)ccc5ccc2c3c54)cc1. The molecule has 20 aromatic rings. The van der Waals surface area contributed by atoms with Gasteiger partial charge in [0, 0.05) is 90.8 Å². The second-order valence-electron chi connectivity index (χ2n) is 30.6. The van der Waals surface area contributed by atoms with Crippen molar-refractivity contribution in [1.29, 1.82) is 10.5 Å². The minimum absolute atomic E-state index is 0.118. The third kappa shape index (κ3) is 14.0. The topological polar surface area (TPSA) is 69.3 Å². The Morgan fingerprint density at radius 1 is 0.254 bits per heavy atom. The first kappa shape index (κ1) is 78.9. The number of rotatable bonds is 16. The summed E-state index contributed by atoms with van der Waals surface area (Å²) >= 11 is 0. The van der Waals surface area contributed by atoms with Crippen LogP contribution in [0.25, 0.3) is 119 Å². The summed E-state index contributed by atoms with van der Waals surface area (Å²) in [4.78, 5) is 14.2. The zero-order chi connectivity index (χ0) is 86.7. The molecule has 0 aromatic heterocycles. The summed E-state index contributed by atoms with van der Waals surface area (Å²) in [6.45, 7) is 19.0. The van der Waals surface area contributed by atoms with E-state index in [2.05, 4.69) is 21.8 Å². The van der Waals surface area contributed by atoms with E-state index < -0.39 is 46.5 Å². The van der Waals surface area contributed by atoms with Crippen molar-refractivity contribution < 1.29 is 35.1 Å². The van der Waals surface area contributed by atoms with Crippen LogP contribution >= 0.6 is 0 Å². The molecule has 20 aromatic carbocycles. The molecule has 8 nitrogen and oxygen atoms in total. The Kier molecular flexibility index (Phi) is 20.4. The van der Waals surface area contributed by atoms with Crippen molar-refractivity contribution in [3.63, 3.8) is 0 Å². The number of nitrogens with zero attached hydrogens (tertiary/aromatic N) is 8. The normalized spacial score (nSPS) is 11.2. The van der Waals surface area contributed by atoms with E-state index in [1.165, 1.54) is 24.3 Å². The molecule has 0 bridgehead atoms. The van der Waals surface area contributed by atoms with Gasteiger partial charge in [-0.05, 0) is 212 Å². The van der Waals surface area contributed by atoms with Gasteiger partial charge in [-0.2, -0.15) is 10.5 Å². The highest BCUT2D eigenvalue weighted by molar-refractivity contribution is 6.30. The number of aryl methyl sites for hydroxylation is 2. The van der Waals surface area contributed by atoms with E-state index in [1.807, 2.05) is 196 Å². The molecule has 0 heterocycles. The maximum atomic E-state index is 16.8. The lowest BCUT2D eigenvalue weighted by Crippen LogP contribution is -2.15. The standard InChI is InChI=1S/C56H34F4N4.C54H30F4N4/c1-33-8-4-6-10-43(33)47-28-38(57)30-49(59)55(47)63(41-20-12-35(32-61)13-21-41)51-26-16-36-15-25-46-52(27-17-37-14-24-45(51)53(36)54(37)46)64(42-22-18-40(62-3)19-23-42)56-48(29-39(58)31-50(56)60)44-11-7-5-9-34(44)2;1-60-40-18-22-42(23-19-40)62(54-46(29-39(56)31-48(54)58)35-10-6-3-7-11-35)50-27-17-37-14-24-43-49(26-16-36-15-25-44(50)52(37)51(36)43)61(41-20-12-33(32-59)13-21-41)53-45(28-38(55)30-47(53)57)34-8-4-2-5-9-34/h4-31H,1-2H3;2-31H. The van der Waals surface area contributed by atoms with Gasteiger partial charge in [0.05, 0.1) is 81.9 Å². The molecule has 0 atom stereocenters. The van der Waals surface area contributed by atoms with E-state index in [0.29, 0.717) is 113 Å². The number of nitriles is 2. The highest BCUT2D eigenvalue weighted by Crippen LogP contribution is 2.55. The van der Waals surface area contributed by atoms with Gasteiger partial charge in [0.25, 0.3) is 0 Å². The second kappa shape index (κ2) is 32.6. The lowest BCUT2D eigenvalue weighted by Gasteiger charge is -2.31. The Balaban J connectivity index is 0.000000165. The molecular formula is C110H64F8N8. The predicted octanol–water partition coefficient (Wildman–Crippen LogP) is 32.3. The van der Waals surface area contributed by atoms with Crippen molar-refractivity contribution in [3.8, 4) is 56.6 Å². The molecule has 0 N–H and O–H groups in total. The molecule has 0 aliphatic carbocycles. The van der Waals surface area contributed by atoms with Gasteiger partial charge in [0.1, 0.15) is 23.3 Å². The predicted molar refractivity (Wildman–Crippen MR) is 492 cm³/mol. The summed E-state index contributed by atoms with van der Waals surface area (Å²) in [5, 5.41) is 29.3. The summed E-state index contributed by atoms with van der Waals surface area (Å²) in [5.74, 6) is -6.01. The van der Waals surface area contributed by atoms with E-state index in [1.54, 1.807) is 141 Å². The Labute approximate surface area is 719 Å². The van der Waals surface area contributed by atoms with Gasteiger partial charge in [0.15, 0.2) is 34.6 Å². The molecular weight excluding hydrogens is 1590 g/mol. The summed E-state index contributed by atoms with van der Waals surface area (Å²) in [6, 6.07) is 105. The molecule has 0 fully saturated rings. The zero-order valence-corrected chi connectivity index (χ0v) is 67.1. The van der Waals surface area contributed by atoms with Gasteiger partial charge in [-0.1, -0.05) is 206 Å². The van der Waals surface area contributed by atoms with E-state index >= 15 is 35.1 Å². The van der Waals surface area contributed by atoms with Gasteiger partial charge in [-0.15, -0.1) is 0 Å². The van der Waals surface area contributed by atoms with Crippen molar-refractivity contribution in [1.82, 2.24) is 0 Å². The first-order valence-electron chi connectivity index (χ1n) is 40.2. The fourth-order valence-corrected chi connectivity index (χ4v) is 17.6. The number of benzene rings is 20. The molecule has 0 spiro atoms. The largest absolute Gasteiger partial charge is 0.307 e. The Morgan fingerprint density at radius 3 is 0.770 bits per heavy atom. The van der Waals surface area contributed by atoms with Crippen LogP contribution in [0.2, 0.25) is 0 Å². The highest BCUT2D eigenvalue weighted by Gasteiger charge is 2.33. The molecule has 0 radical (unpaired) electrons. The molecule has 0 amide bonds. The fourth-order valence-electron chi connectivity index (χ4n) is 17.6. The lowest BCUT2D eigenvalue weighted by atomic mass is 9.91. The van der Waals surface area contributed by atoms with Crippen LogP contribution < -0.4 is 19.6 Å². The molecule has 0 aliphatic rings. The Hall–Kier alpha value is -16.9. The number of hydrogen-bond acceptors (Lipinski definition) is 6. The van der Waals surface area contributed by atoms with Crippen molar-refractivity contribution in [2.45, 2.75) is 13.8 Å². The van der Waals surface area contributed by atoms with Crippen molar-refractivity contribution in [3.05, 3.63) is 443 Å². The molecule has 126 heavy (non-hydrogen) atoms. The fraction of sp³-hybridized carbons (Fsp3) is 0.0182. The zero-order valence-electron chi connectivity index (χ0n) is 67.1. The first-order chi connectivity index (χ1) is 61.4. The molecule has 20 rings (SSSR count). The van der Waals surface area contributed by atoms with E-state index in [9.17, 15) is 10.5 Å². The third-order valence-electron chi connectivity index (χ3n) is 23.2. The van der Waals surface area contributed by atoms with E-state index in [4.69, 9.17) is 13.1 Å². The average Bonchev–Trinajstić information content (AvgIpc) is 0.716. The third-order valence-corrected chi connectivity index (χ3v) is 23.2. The van der Waals surface area contributed by atoms with Gasteiger partial charge in [0.2, 0.25) is 0 Å². The molecule has 0 unspecified atom stereocenters. The quantitative estimate of drug-likeness (QED) is 0.0545. The summed E-state index contributed by atoms with van der Waals surface area (Å²) < 4.78 is 128. The number of halogens is 8. The van der Waals surface area contributed by atoms with Gasteiger partial charge >= 0.3 is 0 Å². The van der Waals surface area contributed by atoms with Crippen LogP contribution in [0.1, 0.15) is 22.3 Å². The average molecular weight is 1650 g/mol. The van der Waals surface area contributed by atoms with E-state index in [0.717, 1.165) is 100 Å². The van der Waals surface area contributed by atoms with Crippen LogP contribution in [0.15, 0.2) is 352 Å². The van der Waals surface area contributed by atoms with Crippen LogP contribution in [0, 0.1) is 96.2 Å². The van der Waals surface area contributed by atoms with Crippen LogP contribution in [0.5, 0.6) is 0 Å². The maximum absolute atomic E-state index is 16.8. The van der Waals surface area contributed by atoms with Crippen LogP contribution in [-0.4, -0.2) is 0 Å². The Bertz CT molecular complexity index is 7430. The molecule has 0 saturated heterocycles. The van der Waals surface area contributed by atoms with Gasteiger partial charge in [-0.25, -0.2) is 44.8 Å². The van der Waals surface area contributed by atoms with Crippen LogP contribution in [-0.2, 0) is 0 Å². The molecule has 0 saturated carbocycles. The van der Waals surface area contributed by atoms with Gasteiger partial charge < -0.3 is 19.6 Å². The number of hydrogen-bond donors (Lipinski definition) is 0. The summed E-state index contributed by atoms with van der Waals surface area (Å²) in [6.07, 6.45) is 0. The van der Waals surface area contributed by atoms with Crippen molar-refractivity contribution in [2.75, 3.05) is 19.6 Å². The van der Waals surface area contributed by atoms with Crippen molar-refractivity contribution in [2.24, 2.45) is 0 Å².